The third-order valence-electron chi connectivity index (χ3n) is 2.96. The number of rotatable bonds is 1. The molecule has 1 aliphatic heterocycles. The second-order valence-electron chi connectivity index (χ2n) is 4.25. The van der Waals surface area contributed by atoms with Gasteiger partial charge in [0.1, 0.15) is 6.61 Å². The minimum Gasteiger partial charge on any atom is -0.384 e. The highest BCUT2D eigenvalue weighted by Crippen LogP contribution is 2.14. The van der Waals surface area contributed by atoms with E-state index in [1.54, 1.807) is 29.2 Å². The van der Waals surface area contributed by atoms with Gasteiger partial charge >= 0.3 is 0 Å². The van der Waals surface area contributed by atoms with Crippen molar-refractivity contribution < 1.29 is 14.6 Å². The summed E-state index contributed by atoms with van der Waals surface area (Å²) < 4.78 is 5.22. The van der Waals surface area contributed by atoms with Crippen LogP contribution < -0.4 is 0 Å². The first-order valence-corrected chi connectivity index (χ1v) is 6.25. The van der Waals surface area contributed by atoms with Gasteiger partial charge in [0.05, 0.1) is 24.8 Å². The molecule has 1 aromatic carbocycles. The zero-order valence-corrected chi connectivity index (χ0v) is 10.9. The molecule has 1 heterocycles. The molecule has 0 aromatic heterocycles. The lowest BCUT2D eigenvalue weighted by molar-refractivity contribution is 0.00345. The highest BCUT2D eigenvalue weighted by molar-refractivity contribution is 5.96. The van der Waals surface area contributed by atoms with Crippen molar-refractivity contribution in [2.75, 3.05) is 26.3 Å². The standard InChI is InChI=1S/C15H14N2O3/c16-10-13-11-17(7-9-20-13)15(19)14-6-2-1-4-12(14)5-3-8-18/h1-2,4,6,13,18H,7-9,11H2. The summed E-state index contributed by atoms with van der Waals surface area (Å²) >= 11 is 0. The van der Waals surface area contributed by atoms with Gasteiger partial charge in [-0.15, -0.1) is 0 Å². The largest absolute Gasteiger partial charge is 0.384 e. The Morgan fingerprint density at radius 1 is 1.50 bits per heavy atom. The molecule has 5 heteroatoms. The van der Waals surface area contributed by atoms with E-state index in [0.29, 0.717) is 24.3 Å². The topological polar surface area (TPSA) is 73.6 Å². The summed E-state index contributed by atoms with van der Waals surface area (Å²) in [5, 5.41) is 17.6. The maximum absolute atomic E-state index is 12.5. The monoisotopic (exact) mass is 270 g/mol. The van der Waals surface area contributed by atoms with Crippen molar-refractivity contribution in [1.82, 2.24) is 4.90 Å². The summed E-state index contributed by atoms with van der Waals surface area (Å²) in [5.74, 6) is 5.13. The molecule has 0 radical (unpaired) electrons. The van der Waals surface area contributed by atoms with E-state index in [0.717, 1.165) is 0 Å². The summed E-state index contributed by atoms with van der Waals surface area (Å²) in [6.07, 6.45) is -0.580. The number of aliphatic hydroxyl groups excluding tert-OH is 1. The molecule has 1 unspecified atom stereocenters. The predicted molar refractivity (Wildman–Crippen MR) is 71.7 cm³/mol. The van der Waals surface area contributed by atoms with Crippen molar-refractivity contribution in [2.45, 2.75) is 6.10 Å². The Bertz CT molecular complexity index is 595. The Balaban J connectivity index is 2.23. The van der Waals surface area contributed by atoms with E-state index in [1.807, 2.05) is 6.07 Å². The molecule has 1 atom stereocenters. The molecule has 20 heavy (non-hydrogen) atoms. The van der Waals surface area contributed by atoms with Gasteiger partial charge in [-0.1, -0.05) is 24.0 Å². The average Bonchev–Trinajstić information content (AvgIpc) is 2.52. The van der Waals surface area contributed by atoms with E-state index in [9.17, 15) is 4.79 Å². The van der Waals surface area contributed by atoms with Gasteiger partial charge in [0.2, 0.25) is 0 Å². The first-order chi connectivity index (χ1) is 9.76. The summed E-state index contributed by atoms with van der Waals surface area (Å²) in [6, 6.07) is 8.99. The number of carbonyl (C=O) groups is 1. The molecule has 2 rings (SSSR count). The molecule has 1 aromatic rings. The van der Waals surface area contributed by atoms with Crippen molar-refractivity contribution in [3.8, 4) is 17.9 Å². The fourth-order valence-electron chi connectivity index (χ4n) is 2.00. The van der Waals surface area contributed by atoms with Crippen LogP contribution in [0.2, 0.25) is 0 Å². The van der Waals surface area contributed by atoms with Gasteiger partial charge in [-0.2, -0.15) is 5.26 Å². The van der Waals surface area contributed by atoms with E-state index in [1.165, 1.54) is 0 Å². The third kappa shape index (κ3) is 3.16. The van der Waals surface area contributed by atoms with Crippen LogP contribution in [0.15, 0.2) is 24.3 Å². The van der Waals surface area contributed by atoms with Crippen LogP contribution in [-0.4, -0.2) is 48.3 Å². The highest BCUT2D eigenvalue weighted by Gasteiger charge is 2.25. The first kappa shape index (κ1) is 14.1. The van der Waals surface area contributed by atoms with Crippen molar-refractivity contribution in [2.24, 2.45) is 0 Å². The maximum Gasteiger partial charge on any atom is 0.255 e. The molecule has 5 nitrogen and oxygen atoms in total. The smallest absolute Gasteiger partial charge is 0.255 e. The third-order valence-corrected chi connectivity index (χ3v) is 2.96. The minimum atomic E-state index is -0.580. The van der Waals surface area contributed by atoms with Crippen LogP contribution in [0.5, 0.6) is 0 Å². The number of morpholine rings is 1. The van der Waals surface area contributed by atoms with Gasteiger partial charge in [-0.3, -0.25) is 4.79 Å². The average molecular weight is 270 g/mol. The molecule has 1 aliphatic rings. The van der Waals surface area contributed by atoms with Crippen molar-refractivity contribution in [1.29, 1.82) is 5.26 Å². The number of carbonyl (C=O) groups excluding carboxylic acids is 1. The van der Waals surface area contributed by atoms with Crippen LogP contribution in [0, 0.1) is 23.2 Å². The fourth-order valence-corrected chi connectivity index (χ4v) is 2.00. The molecule has 1 amide bonds. The lowest BCUT2D eigenvalue weighted by atomic mass is 10.1. The summed E-state index contributed by atoms with van der Waals surface area (Å²) in [7, 11) is 0. The van der Waals surface area contributed by atoms with Gasteiger partial charge < -0.3 is 14.7 Å². The minimum absolute atomic E-state index is 0.170. The zero-order valence-electron chi connectivity index (χ0n) is 10.9. The number of hydrogen-bond donors (Lipinski definition) is 1. The molecule has 0 aliphatic carbocycles. The van der Waals surface area contributed by atoms with Gasteiger partial charge in [0.25, 0.3) is 5.91 Å². The molecule has 1 fully saturated rings. The van der Waals surface area contributed by atoms with E-state index >= 15 is 0 Å². The van der Waals surface area contributed by atoms with Crippen LogP contribution in [0.3, 0.4) is 0 Å². The quantitative estimate of drug-likeness (QED) is 0.749. The van der Waals surface area contributed by atoms with Crippen LogP contribution in [0.25, 0.3) is 0 Å². The van der Waals surface area contributed by atoms with E-state index in [4.69, 9.17) is 15.1 Å². The van der Waals surface area contributed by atoms with Crippen molar-refractivity contribution >= 4 is 5.91 Å². The van der Waals surface area contributed by atoms with Crippen molar-refractivity contribution in [3.63, 3.8) is 0 Å². The fraction of sp³-hybridized carbons (Fsp3) is 0.333. The molecule has 0 spiro atoms. The van der Waals surface area contributed by atoms with E-state index < -0.39 is 6.10 Å². The maximum atomic E-state index is 12.5. The summed E-state index contributed by atoms with van der Waals surface area (Å²) in [5.41, 5.74) is 1.05. The number of amides is 1. The van der Waals surface area contributed by atoms with Crippen molar-refractivity contribution in [3.05, 3.63) is 35.4 Å². The molecular formula is C15H14N2O3. The number of benzene rings is 1. The molecular weight excluding hydrogens is 256 g/mol. The highest BCUT2D eigenvalue weighted by atomic mass is 16.5. The molecule has 0 bridgehead atoms. The Morgan fingerprint density at radius 2 is 2.30 bits per heavy atom. The SMILES string of the molecule is N#CC1CN(C(=O)c2ccccc2C#CCO)CCO1. The van der Waals surface area contributed by atoms with Crippen LogP contribution in [0.4, 0.5) is 0 Å². The number of ether oxygens (including phenoxy) is 1. The van der Waals surface area contributed by atoms with Gasteiger partial charge in [-0.25, -0.2) is 0 Å². The Labute approximate surface area is 117 Å². The number of aliphatic hydroxyl groups is 1. The predicted octanol–water partition coefficient (Wildman–Crippen LogP) is 0.395. The Morgan fingerprint density at radius 3 is 3.05 bits per heavy atom. The number of hydrogen-bond acceptors (Lipinski definition) is 4. The molecule has 0 saturated carbocycles. The molecule has 1 N–H and O–H groups in total. The van der Waals surface area contributed by atoms with Crippen LogP contribution in [-0.2, 0) is 4.74 Å². The zero-order chi connectivity index (χ0) is 14.4. The number of nitrogens with zero attached hydrogens (tertiary/aromatic N) is 2. The first-order valence-electron chi connectivity index (χ1n) is 6.25. The lowest BCUT2D eigenvalue weighted by Gasteiger charge is -2.30. The molecule has 1 saturated heterocycles. The Hall–Kier alpha value is -2.34. The van der Waals surface area contributed by atoms with Gasteiger partial charge in [0, 0.05) is 12.1 Å². The van der Waals surface area contributed by atoms with E-state index in [2.05, 4.69) is 11.8 Å². The second-order valence-corrected chi connectivity index (χ2v) is 4.25. The van der Waals surface area contributed by atoms with Crippen LogP contribution >= 0.6 is 0 Å². The van der Waals surface area contributed by atoms with Gasteiger partial charge in [0.15, 0.2) is 6.10 Å². The van der Waals surface area contributed by atoms with Crippen LogP contribution in [0.1, 0.15) is 15.9 Å². The van der Waals surface area contributed by atoms with Gasteiger partial charge in [-0.05, 0) is 12.1 Å². The lowest BCUT2D eigenvalue weighted by Crippen LogP contribution is -2.45. The second kappa shape index (κ2) is 6.72. The Kier molecular flexibility index (Phi) is 4.73. The number of nitriles is 1. The summed E-state index contributed by atoms with van der Waals surface area (Å²) in [6.45, 7) is 0.820. The molecule has 102 valence electrons. The summed E-state index contributed by atoms with van der Waals surface area (Å²) in [4.78, 5) is 14.1. The van der Waals surface area contributed by atoms with E-state index in [-0.39, 0.29) is 19.1 Å². The normalized spacial score (nSPS) is 17.8.